The molecule has 0 spiro atoms. The van der Waals surface area contributed by atoms with E-state index in [1.807, 2.05) is 6.07 Å². The molecule has 2 aliphatic heterocycles. The lowest BCUT2D eigenvalue weighted by atomic mass is 10.0. The number of rotatable bonds is 4. The van der Waals surface area contributed by atoms with Gasteiger partial charge < -0.3 is 26.4 Å². The van der Waals surface area contributed by atoms with Crippen LogP contribution in [-0.2, 0) is 19.2 Å². The number of Topliss-reactive ketones (excluding diaryl/α,β-unsaturated/α-hetero) is 1. The lowest BCUT2D eigenvalue weighted by Crippen LogP contribution is -2.70. The first kappa shape index (κ1) is 24.6. The maximum absolute atomic E-state index is 12.3. The van der Waals surface area contributed by atoms with Gasteiger partial charge in [-0.2, -0.15) is 0 Å². The van der Waals surface area contributed by atoms with E-state index in [4.69, 9.17) is 17.3 Å². The lowest BCUT2D eigenvalue weighted by Gasteiger charge is -2.48. The van der Waals surface area contributed by atoms with Gasteiger partial charge in [-0.05, 0) is 19.4 Å². The number of fused-ring (bicyclic) bond motifs is 1. The van der Waals surface area contributed by atoms with Crippen LogP contribution in [0.3, 0.4) is 0 Å². The second kappa shape index (κ2) is 10.4. The molecule has 6 N–H and O–H groups in total. The van der Waals surface area contributed by atoms with Gasteiger partial charge in [0.2, 0.25) is 5.91 Å². The summed E-state index contributed by atoms with van der Waals surface area (Å²) in [6.45, 7) is 3.06. The van der Waals surface area contributed by atoms with Crippen LogP contribution in [0.15, 0.2) is 41.1 Å². The fraction of sp³-hybridized carbons (Fsp3) is 0.333. The Bertz CT molecular complexity index is 828. The predicted octanol–water partition coefficient (Wildman–Crippen LogP) is 0.392. The van der Waals surface area contributed by atoms with Gasteiger partial charge in [0.15, 0.2) is 0 Å². The Balaban J connectivity index is 0.000000771. The van der Waals surface area contributed by atoms with E-state index in [1.165, 1.54) is 25.6 Å². The fourth-order valence-corrected chi connectivity index (χ4v) is 4.19. The van der Waals surface area contributed by atoms with E-state index in [0.717, 1.165) is 4.90 Å². The number of halogens is 1. The number of carboxylic acid groups (broad SMARTS) is 1. The largest absolute Gasteiger partial charge is 0.477 e. The number of thioether (sulfide) groups is 1. The second-order valence-corrected chi connectivity index (χ2v) is 7.81. The molecule has 11 heteroatoms. The number of carbonyl (C=O) groups excluding carboxylic acids is 3. The number of ketones is 1. The van der Waals surface area contributed by atoms with Gasteiger partial charge in [0, 0.05) is 5.75 Å². The average molecular weight is 444 g/mol. The molecule has 0 unspecified atom stereocenters. The summed E-state index contributed by atoms with van der Waals surface area (Å²) in [5.41, 5.74) is 6.32. The van der Waals surface area contributed by atoms with E-state index in [9.17, 15) is 24.3 Å². The van der Waals surface area contributed by atoms with Crippen molar-refractivity contribution in [1.29, 1.82) is 0 Å². The molecule has 1 fully saturated rings. The Morgan fingerprint density at radius 3 is 2.34 bits per heavy atom. The number of carbonyl (C=O) groups is 4. The molecule has 1 aromatic rings. The zero-order valence-electron chi connectivity index (χ0n) is 15.7. The van der Waals surface area contributed by atoms with Gasteiger partial charge in [0.25, 0.3) is 5.91 Å². The lowest BCUT2D eigenvalue weighted by molar-refractivity contribution is -0.150. The van der Waals surface area contributed by atoms with Crippen LogP contribution >= 0.6 is 23.4 Å². The number of carboxylic acids is 1. The van der Waals surface area contributed by atoms with Gasteiger partial charge in [-0.25, -0.2) is 4.79 Å². The van der Waals surface area contributed by atoms with E-state index in [1.54, 1.807) is 24.3 Å². The molecule has 2 aliphatic rings. The number of aliphatic carboxylic acids is 1. The molecule has 1 aromatic carbocycles. The quantitative estimate of drug-likeness (QED) is 0.567. The monoisotopic (exact) mass is 443 g/mol. The summed E-state index contributed by atoms with van der Waals surface area (Å²) in [4.78, 5) is 46.4. The summed E-state index contributed by atoms with van der Waals surface area (Å²) in [5.74, 6) is -1.81. The Morgan fingerprint density at radius 2 is 1.83 bits per heavy atom. The first-order valence-corrected chi connectivity index (χ1v) is 9.72. The van der Waals surface area contributed by atoms with Crippen LogP contribution in [0.2, 0.25) is 0 Å². The summed E-state index contributed by atoms with van der Waals surface area (Å²) in [6.07, 6.45) is 0. The highest BCUT2D eigenvalue weighted by Crippen LogP contribution is 2.41. The molecule has 2 heterocycles. The molecule has 3 atom stereocenters. The minimum atomic E-state index is -1.26. The number of amides is 2. The minimum absolute atomic E-state index is 0. The Labute approximate surface area is 176 Å². The molecule has 29 heavy (non-hydrogen) atoms. The fourth-order valence-electron chi connectivity index (χ4n) is 2.64. The normalized spacial score (nSPS) is 20.8. The molecule has 0 aliphatic carbocycles. The first-order valence-electron chi connectivity index (χ1n) is 8.29. The van der Waals surface area contributed by atoms with Gasteiger partial charge in [-0.15, -0.1) is 11.8 Å². The number of hydrogen-bond donors (Lipinski definition) is 3. The molecule has 0 bridgehead atoms. The summed E-state index contributed by atoms with van der Waals surface area (Å²) in [6, 6.07) is 7.07. The van der Waals surface area contributed by atoms with Crippen LogP contribution in [0.1, 0.15) is 25.5 Å². The van der Waals surface area contributed by atoms with Crippen molar-refractivity contribution in [3.05, 3.63) is 46.6 Å². The smallest absolute Gasteiger partial charge is 0.353 e. The maximum Gasteiger partial charge on any atom is 0.353 e. The Hall–Kier alpha value is -2.40. The van der Waals surface area contributed by atoms with Crippen LogP contribution in [0.25, 0.3) is 0 Å². The van der Waals surface area contributed by atoms with Crippen LogP contribution in [0.5, 0.6) is 0 Å². The molecule has 0 radical (unpaired) electrons. The first-order chi connectivity index (χ1) is 13.1. The van der Waals surface area contributed by atoms with E-state index >= 15 is 0 Å². The molecule has 158 valence electrons. The molecule has 2 amide bonds. The minimum Gasteiger partial charge on any atom is -0.477 e. The average Bonchev–Trinajstić information content (AvgIpc) is 2.65. The summed E-state index contributed by atoms with van der Waals surface area (Å²) >= 11 is 7.20. The van der Waals surface area contributed by atoms with Crippen LogP contribution in [-0.4, -0.2) is 56.2 Å². The summed E-state index contributed by atoms with van der Waals surface area (Å²) in [5, 5.41) is 11.4. The second-order valence-electron chi connectivity index (χ2n) is 6.25. The molecule has 0 saturated carbocycles. The van der Waals surface area contributed by atoms with Crippen molar-refractivity contribution >= 4 is 46.9 Å². The Morgan fingerprint density at radius 1 is 1.28 bits per heavy atom. The highest BCUT2D eigenvalue weighted by atomic mass is 35.5. The molecular formula is C18H22ClN3O6S. The molecular weight excluding hydrogens is 422 g/mol. The molecule has 3 rings (SSSR count). The van der Waals surface area contributed by atoms with Gasteiger partial charge in [-0.3, -0.25) is 14.5 Å². The van der Waals surface area contributed by atoms with Gasteiger partial charge in [0.1, 0.15) is 28.9 Å². The highest BCUT2D eigenvalue weighted by Gasteiger charge is 2.54. The number of nitrogens with one attached hydrogen (secondary N) is 1. The van der Waals surface area contributed by atoms with Crippen LogP contribution < -0.4 is 11.1 Å². The molecule has 9 nitrogen and oxygen atoms in total. The highest BCUT2D eigenvalue weighted by molar-refractivity contribution is 8.00. The zero-order valence-corrected chi connectivity index (χ0v) is 17.3. The van der Waals surface area contributed by atoms with Crippen molar-refractivity contribution in [3.63, 3.8) is 0 Å². The third-order valence-electron chi connectivity index (χ3n) is 3.86. The summed E-state index contributed by atoms with van der Waals surface area (Å²) < 4.78 is 0. The number of β-lactam (4-membered cyclic amide) rings is 1. The number of benzene rings is 1. The van der Waals surface area contributed by atoms with Gasteiger partial charge in [-0.1, -0.05) is 41.9 Å². The zero-order chi connectivity index (χ0) is 21.0. The van der Waals surface area contributed by atoms with Crippen LogP contribution in [0, 0.1) is 0 Å². The SMILES string of the molecule is CC(C)=O.N[C@@H](C(=O)N[C@@H]1C(=O)N2C(C(=O)O)=C(Cl)CS[C@H]12)c1ccccc1.O. The number of nitrogens with two attached hydrogens (primary N) is 1. The van der Waals surface area contributed by atoms with Crippen molar-refractivity contribution in [3.8, 4) is 0 Å². The third kappa shape index (κ3) is 5.57. The Kier molecular flexibility index (Phi) is 8.83. The van der Waals surface area contributed by atoms with E-state index < -0.39 is 35.2 Å². The van der Waals surface area contributed by atoms with Crippen LogP contribution in [0.4, 0.5) is 0 Å². The van der Waals surface area contributed by atoms with E-state index in [-0.39, 0.29) is 27.7 Å². The molecule has 1 saturated heterocycles. The standard InChI is InChI=1S/C15H14ClN3O4S.C3H6O.H2O/c16-8-6-24-14-10(13(21)19(14)11(8)15(22)23)18-12(20)9(17)7-4-2-1-3-5-7;1-3(2)4;/h1-5,9-10,14H,6,17H2,(H,18,20)(H,22,23);1-2H3;1H2/t9-,10-,14-;;/m1../s1. The topological polar surface area (TPSA) is 161 Å². The van der Waals surface area contributed by atoms with Crippen molar-refractivity contribution in [2.24, 2.45) is 5.73 Å². The molecule has 0 aromatic heterocycles. The van der Waals surface area contributed by atoms with E-state index in [0.29, 0.717) is 5.56 Å². The predicted molar refractivity (Wildman–Crippen MR) is 109 cm³/mol. The number of nitrogens with zero attached hydrogens (tertiary/aromatic N) is 1. The van der Waals surface area contributed by atoms with Crippen molar-refractivity contribution < 1.29 is 29.8 Å². The maximum atomic E-state index is 12.3. The van der Waals surface area contributed by atoms with Crippen molar-refractivity contribution in [2.75, 3.05) is 5.75 Å². The number of hydrogen-bond acceptors (Lipinski definition) is 6. The summed E-state index contributed by atoms with van der Waals surface area (Å²) in [7, 11) is 0. The van der Waals surface area contributed by atoms with Crippen molar-refractivity contribution in [2.45, 2.75) is 31.3 Å². The van der Waals surface area contributed by atoms with Gasteiger partial charge in [0.05, 0.1) is 5.03 Å². The van der Waals surface area contributed by atoms with Gasteiger partial charge >= 0.3 is 5.97 Å². The van der Waals surface area contributed by atoms with Crippen molar-refractivity contribution in [1.82, 2.24) is 10.2 Å². The third-order valence-corrected chi connectivity index (χ3v) is 5.61. The van der Waals surface area contributed by atoms with E-state index in [2.05, 4.69) is 5.32 Å².